The van der Waals surface area contributed by atoms with Crippen molar-refractivity contribution in [2.75, 3.05) is 0 Å². The summed E-state index contributed by atoms with van der Waals surface area (Å²) in [6.45, 7) is 3.52. The van der Waals surface area contributed by atoms with E-state index in [4.69, 9.17) is 5.11 Å². The van der Waals surface area contributed by atoms with Gasteiger partial charge in [0.25, 0.3) is 0 Å². The van der Waals surface area contributed by atoms with Gasteiger partial charge in [-0.25, -0.2) is 9.59 Å². The smallest absolute Gasteiger partial charge is 0.335 e. The molecule has 0 unspecified atom stereocenters. The summed E-state index contributed by atoms with van der Waals surface area (Å²) in [7, 11) is 0. The number of carboxylic acids is 2. The lowest BCUT2D eigenvalue weighted by Gasteiger charge is -2.43. The van der Waals surface area contributed by atoms with Crippen LogP contribution in [0.5, 0.6) is 0 Å². The highest BCUT2D eigenvalue weighted by atomic mass is 32.2. The van der Waals surface area contributed by atoms with Gasteiger partial charge in [-0.3, -0.25) is 9.59 Å². The molecule has 2 aliphatic rings. The third-order valence-corrected chi connectivity index (χ3v) is 6.10. The zero-order valence-corrected chi connectivity index (χ0v) is 14.9. The summed E-state index contributed by atoms with van der Waals surface area (Å²) in [5.74, 6) is -2.97. The maximum atomic E-state index is 12.3. The molecular weight excluding hydrogens is 360 g/mol. The molecule has 2 fully saturated rings. The largest absolute Gasteiger partial charge is 0.480 e. The van der Waals surface area contributed by atoms with Gasteiger partial charge in [-0.05, 0) is 31.5 Å². The molecule has 3 N–H and O–H groups in total. The Morgan fingerprint density at radius 1 is 1.27 bits per heavy atom. The van der Waals surface area contributed by atoms with E-state index < -0.39 is 46.0 Å². The van der Waals surface area contributed by atoms with Crippen molar-refractivity contribution in [3.63, 3.8) is 0 Å². The highest BCUT2D eigenvalue weighted by Crippen LogP contribution is 2.50. The van der Waals surface area contributed by atoms with Crippen molar-refractivity contribution in [1.82, 2.24) is 10.2 Å². The summed E-state index contributed by atoms with van der Waals surface area (Å²) >= 11 is 1.35. The molecule has 2 aliphatic heterocycles. The highest BCUT2D eigenvalue weighted by molar-refractivity contribution is 8.01. The van der Waals surface area contributed by atoms with E-state index in [0.29, 0.717) is 5.56 Å². The van der Waals surface area contributed by atoms with Gasteiger partial charge in [0.05, 0.1) is 12.0 Å². The Kier molecular flexibility index (Phi) is 4.43. The fraction of sp³-hybridized carbons (Fsp3) is 0.412. The number of aromatic carboxylic acids is 1. The number of hydrogen-bond donors (Lipinski definition) is 3. The number of β-lactam (4-membered cyclic amide) rings is 1. The summed E-state index contributed by atoms with van der Waals surface area (Å²) < 4.78 is -0.651. The molecule has 0 saturated carbocycles. The number of thioether (sulfide) groups is 1. The van der Waals surface area contributed by atoms with E-state index in [1.807, 2.05) is 0 Å². The first-order chi connectivity index (χ1) is 12.1. The zero-order chi connectivity index (χ0) is 19.2. The van der Waals surface area contributed by atoms with Crippen molar-refractivity contribution in [3.05, 3.63) is 35.4 Å². The second-order valence-electron chi connectivity index (χ2n) is 6.83. The van der Waals surface area contributed by atoms with Crippen LogP contribution in [0.1, 0.15) is 29.8 Å². The summed E-state index contributed by atoms with van der Waals surface area (Å²) in [4.78, 5) is 48.3. The summed E-state index contributed by atoms with van der Waals surface area (Å²) in [6, 6.07) is 4.33. The lowest BCUT2D eigenvalue weighted by Crippen LogP contribution is -2.70. The standard InChI is InChI=1S/C17H18N2O6S/c1-17(2)12(16(24)25)19-13(21)11(14(19)26-17)18-10(20)7-8-4-3-5-9(6-8)15(22)23/h3-6,11-12,14H,7H2,1-2H3,(H,18,20)(H,22,23)(H,24,25)/t11-,12+,14-/m1/s1. The molecule has 8 nitrogen and oxygen atoms in total. The molecule has 0 bridgehead atoms. The van der Waals surface area contributed by atoms with Gasteiger partial charge in [-0.15, -0.1) is 11.8 Å². The molecule has 9 heteroatoms. The number of fused-ring (bicyclic) bond motifs is 1. The molecule has 2 heterocycles. The van der Waals surface area contributed by atoms with Crippen LogP contribution < -0.4 is 5.32 Å². The number of carbonyl (C=O) groups is 4. The predicted octanol–water partition coefficient (Wildman–Crippen LogP) is 0.559. The van der Waals surface area contributed by atoms with Gasteiger partial charge in [0.2, 0.25) is 11.8 Å². The van der Waals surface area contributed by atoms with E-state index in [2.05, 4.69) is 5.32 Å². The third-order valence-electron chi connectivity index (χ3n) is 4.53. The van der Waals surface area contributed by atoms with Crippen LogP contribution in [0.3, 0.4) is 0 Å². The summed E-state index contributed by atoms with van der Waals surface area (Å²) in [5.41, 5.74) is 0.604. The number of nitrogens with zero attached hydrogens (tertiary/aromatic N) is 1. The topological polar surface area (TPSA) is 124 Å². The number of rotatable bonds is 5. The Morgan fingerprint density at radius 2 is 1.96 bits per heavy atom. The van der Waals surface area contributed by atoms with Crippen molar-refractivity contribution in [1.29, 1.82) is 0 Å². The molecule has 2 amide bonds. The molecule has 3 rings (SSSR count). The zero-order valence-electron chi connectivity index (χ0n) is 14.1. The summed E-state index contributed by atoms with van der Waals surface area (Å²) in [5, 5.41) is 20.6. The minimum Gasteiger partial charge on any atom is -0.480 e. The highest BCUT2D eigenvalue weighted by Gasteiger charge is 2.64. The van der Waals surface area contributed by atoms with E-state index in [9.17, 15) is 24.3 Å². The minimum atomic E-state index is -1.08. The lowest BCUT2D eigenvalue weighted by atomic mass is 9.96. The van der Waals surface area contributed by atoms with Crippen molar-refractivity contribution in [2.45, 2.75) is 42.5 Å². The Labute approximate surface area is 153 Å². The van der Waals surface area contributed by atoms with Crippen LogP contribution >= 0.6 is 11.8 Å². The molecular formula is C17H18N2O6S. The molecule has 1 aromatic carbocycles. The third kappa shape index (κ3) is 3.03. The fourth-order valence-corrected chi connectivity index (χ4v) is 4.99. The molecule has 0 aliphatic carbocycles. The van der Waals surface area contributed by atoms with Crippen molar-refractivity contribution >= 4 is 35.5 Å². The number of nitrogens with one attached hydrogen (secondary N) is 1. The Morgan fingerprint density at radius 3 is 2.58 bits per heavy atom. The Bertz CT molecular complexity index is 808. The van der Waals surface area contributed by atoms with Crippen LogP contribution in [-0.4, -0.2) is 61.1 Å². The molecule has 0 spiro atoms. The lowest BCUT2D eigenvalue weighted by molar-refractivity contribution is -0.161. The van der Waals surface area contributed by atoms with Crippen molar-refractivity contribution in [2.24, 2.45) is 0 Å². The monoisotopic (exact) mass is 378 g/mol. The van der Waals surface area contributed by atoms with Crippen LogP contribution in [0.2, 0.25) is 0 Å². The molecule has 1 aromatic rings. The molecule has 0 radical (unpaired) electrons. The van der Waals surface area contributed by atoms with Gasteiger partial charge in [0.15, 0.2) is 0 Å². The minimum absolute atomic E-state index is 0.0615. The number of carboxylic acid groups (broad SMARTS) is 2. The van der Waals surface area contributed by atoms with Gasteiger partial charge in [0.1, 0.15) is 17.5 Å². The Balaban J connectivity index is 1.67. The van der Waals surface area contributed by atoms with E-state index in [-0.39, 0.29) is 12.0 Å². The fourth-order valence-electron chi connectivity index (χ4n) is 3.37. The van der Waals surface area contributed by atoms with Gasteiger partial charge in [-0.2, -0.15) is 0 Å². The maximum Gasteiger partial charge on any atom is 0.335 e. The quantitative estimate of drug-likeness (QED) is 0.640. The van der Waals surface area contributed by atoms with E-state index in [1.54, 1.807) is 26.0 Å². The molecule has 0 aromatic heterocycles. The predicted molar refractivity (Wildman–Crippen MR) is 92.8 cm³/mol. The number of benzene rings is 1. The number of amides is 2. The van der Waals surface area contributed by atoms with Crippen LogP contribution in [0.15, 0.2) is 24.3 Å². The molecule has 3 atom stereocenters. The van der Waals surface area contributed by atoms with Gasteiger partial charge in [-0.1, -0.05) is 12.1 Å². The molecule has 138 valence electrons. The SMILES string of the molecule is CC1(C)S[C@@H]2[C@H](NC(=O)Cc3cccc(C(=O)O)c3)C(=O)N2[C@H]1C(=O)O. The van der Waals surface area contributed by atoms with Crippen molar-refractivity contribution in [3.8, 4) is 0 Å². The van der Waals surface area contributed by atoms with Crippen LogP contribution in [0.4, 0.5) is 0 Å². The van der Waals surface area contributed by atoms with Crippen molar-refractivity contribution < 1.29 is 29.4 Å². The average Bonchev–Trinajstić information content (AvgIpc) is 2.81. The van der Waals surface area contributed by atoms with E-state index in [1.165, 1.54) is 28.8 Å². The second-order valence-corrected chi connectivity index (χ2v) is 8.60. The average molecular weight is 378 g/mol. The molecule has 26 heavy (non-hydrogen) atoms. The van der Waals surface area contributed by atoms with E-state index in [0.717, 1.165) is 0 Å². The van der Waals surface area contributed by atoms with E-state index >= 15 is 0 Å². The first-order valence-corrected chi connectivity index (χ1v) is 8.84. The van der Waals surface area contributed by atoms with Gasteiger partial charge < -0.3 is 20.4 Å². The number of aliphatic carboxylic acids is 1. The van der Waals surface area contributed by atoms with Gasteiger partial charge in [0, 0.05) is 4.75 Å². The molecule has 2 saturated heterocycles. The first-order valence-electron chi connectivity index (χ1n) is 7.96. The normalized spacial score (nSPS) is 26.0. The first kappa shape index (κ1) is 18.2. The Hall–Kier alpha value is -2.55. The maximum absolute atomic E-state index is 12.3. The second kappa shape index (κ2) is 6.31. The number of carbonyl (C=O) groups excluding carboxylic acids is 2. The van der Waals surface area contributed by atoms with Crippen LogP contribution in [0.25, 0.3) is 0 Å². The van der Waals surface area contributed by atoms with Crippen LogP contribution in [-0.2, 0) is 20.8 Å². The number of hydrogen-bond acceptors (Lipinski definition) is 5. The van der Waals surface area contributed by atoms with Crippen LogP contribution in [0, 0.1) is 0 Å². The summed E-state index contributed by atoms with van der Waals surface area (Å²) in [6.07, 6.45) is -0.0615. The van der Waals surface area contributed by atoms with Gasteiger partial charge >= 0.3 is 11.9 Å².